The Kier molecular flexibility index (Phi) is 6.45. The van der Waals surface area contributed by atoms with Gasteiger partial charge in [-0.15, -0.1) is 0 Å². The van der Waals surface area contributed by atoms with E-state index in [4.69, 9.17) is 5.11 Å². The maximum atomic E-state index is 11.1. The number of aromatic carboxylic acids is 1. The van der Waals surface area contributed by atoms with Crippen LogP contribution in [-0.4, -0.2) is 47.1 Å². The maximum Gasteiger partial charge on any atom is 0.335 e. The zero-order valence-corrected chi connectivity index (χ0v) is 12.8. The molecule has 1 aromatic rings. The van der Waals surface area contributed by atoms with Crippen LogP contribution in [-0.2, 0) is 0 Å². The molecule has 0 fully saturated rings. The molecule has 0 aromatic carbocycles. The van der Waals surface area contributed by atoms with Crippen LogP contribution in [0.2, 0.25) is 0 Å². The van der Waals surface area contributed by atoms with Gasteiger partial charge >= 0.3 is 5.97 Å². The minimum atomic E-state index is -0.916. The summed E-state index contributed by atoms with van der Waals surface area (Å²) < 4.78 is 0. The number of carboxylic acid groups (broad SMARTS) is 1. The highest BCUT2D eigenvalue weighted by atomic mass is 16.4. The van der Waals surface area contributed by atoms with E-state index in [0.717, 1.165) is 31.9 Å². The highest BCUT2D eigenvalue weighted by Crippen LogP contribution is 2.17. The number of hydrogen-bond donors (Lipinski definition) is 2. The van der Waals surface area contributed by atoms with Crippen LogP contribution in [0.25, 0.3) is 0 Å². The zero-order chi connectivity index (χ0) is 15.1. The van der Waals surface area contributed by atoms with Crippen molar-refractivity contribution in [3.8, 4) is 0 Å². The van der Waals surface area contributed by atoms with Gasteiger partial charge in [0.05, 0.1) is 5.56 Å². The number of hydrogen-bond acceptors (Lipinski definition) is 4. The number of likely N-dealkylation sites (N-methyl/N-ethyl adjacent to an activating group) is 1. The molecule has 0 spiro atoms. The molecule has 1 aromatic heterocycles. The molecule has 20 heavy (non-hydrogen) atoms. The number of nitrogens with one attached hydrogen (secondary N) is 1. The molecular formula is C15H25N3O2. The van der Waals surface area contributed by atoms with Crippen molar-refractivity contribution in [2.75, 3.05) is 31.5 Å². The Morgan fingerprint density at radius 2 is 2.00 bits per heavy atom. The minimum Gasteiger partial charge on any atom is -0.478 e. The van der Waals surface area contributed by atoms with Gasteiger partial charge in [-0.3, -0.25) is 0 Å². The van der Waals surface area contributed by atoms with Crippen LogP contribution >= 0.6 is 0 Å². The van der Waals surface area contributed by atoms with Gasteiger partial charge in [-0.05, 0) is 31.1 Å². The van der Waals surface area contributed by atoms with Crippen molar-refractivity contribution in [1.82, 2.24) is 9.88 Å². The third kappa shape index (κ3) is 4.81. The highest BCUT2D eigenvalue weighted by Gasteiger charge is 2.10. The summed E-state index contributed by atoms with van der Waals surface area (Å²) in [5, 5.41) is 12.4. The summed E-state index contributed by atoms with van der Waals surface area (Å²) in [6, 6.07) is 3.24. The van der Waals surface area contributed by atoms with Crippen molar-refractivity contribution in [2.24, 2.45) is 0 Å². The fourth-order valence-electron chi connectivity index (χ4n) is 1.94. The molecule has 0 saturated heterocycles. The van der Waals surface area contributed by atoms with Crippen molar-refractivity contribution in [3.05, 3.63) is 23.4 Å². The molecule has 5 heteroatoms. The lowest BCUT2D eigenvalue weighted by molar-refractivity contribution is 0.0696. The fraction of sp³-hybridized carbons (Fsp3) is 0.600. The second-order valence-electron chi connectivity index (χ2n) is 5.08. The second-order valence-corrected chi connectivity index (χ2v) is 5.08. The van der Waals surface area contributed by atoms with Crippen LogP contribution in [0.5, 0.6) is 0 Å². The van der Waals surface area contributed by atoms with E-state index in [-0.39, 0.29) is 11.5 Å². The molecule has 0 saturated carbocycles. The SMILES string of the molecule is CCN(CC)CCNc1cc(C(=O)O)cc(C(C)C)n1. The predicted molar refractivity (Wildman–Crippen MR) is 81.6 cm³/mol. The molecule has 0 aliphatic heterocycles. The first-order valence-corrected chi connectivity index (χ1v) is 7.19. The van der Waals surface area contributed by atoms with Gasteiger partial charge in [-0.1, -0.05) is 27.7 Å². The number of carboxylic acids is 1. The molecule has 5 nitrogen and oxygen atoms in total. The highest BCUT2D eigenvalue weighted by molar-refractivity contribution is 5.88. The molecule has 1 heterocycles. The van der Waals surface area contributed by atoms with Crippen LogP contribution in [0, 0.1) is 0 Å². The number of pyridine rings is 1. The Hall–Kier alpha value is -1.62. The Morgan fingerprint density at radius 1 is 1.35 bits per heavy atom. The number of nitrogens with zero attached hydrogens (tertiary/aromatic N) is 2. The van der Waals surface area contributed by atoms with E-state index in [1.54, 1.807) is 12.1 Å². The number of anilines is 1. The van der Waals surface area contributed by atoms with Gasteiger partial charge in [0.1, 0.15) is 5.82 Å². The number of aromatic nitrogens is 1. The van der Waals surface area contributed by atoms with Crippen LogP contribution in [0.1, 0.15) is 49.7 Å². The van der Waals surface area contributed by atoms with E-state index in [1.165, 1.54) is 0 Å². The first-order chi connectivity index (χ1) is 9.47. The fourth-order valence-corrected chi connectivity index (χ4v) is 1.94. The molecule has 0 bridgehead atoms. The van der Waals surface area contributed by atoms with Crippen LogP contribution in [0.3, 0.4) is 0 Å². The van der Waals surface area contributed by atoms with E-state index in [9.17, 15) is 4.79 Å². The number of rotatable bonds is 8. The first kappa shape index (κ1) is 16.4. The molecule has 0 atom stereocenters. The third-order valence-electron chi connectivity index (χ3n) is 3.31. The molecule has 0 aliphatic carbocycles. The van der Waals surface area contributed by atoms with Gasteiger partial charge in [-0.2, -0.15) is 0 Å². The van der Waals surface area contributed by atoms with Gasteiger partial charge in [0.25, 0.3) is 0 Å². The summed E-state index contributed by atoms with van der Waals surface area (Å²) in [7, 11) is 0. The summed E-state index contributed by atoms with van der Waals surface area (Å²) >= 11 is 0. The lowest BCUT2D eigenvalue weighted by Gasteiger charge is -2.18. The van der Waals surface area contributed by atoms with Gasteiger partial charge in [0.2, 0.25) is 0 Å². The van der Waals surface area contributed by atoms with Crippen molar-refractivity contribution >= 4 is 11.8 Å². The maximum absolute atomic E-state index is 11.1. The molecule has 2 N–H and O–H groups in total. The lowest BCUT2D eigenvalue weighted by atomic mass is 10.1. The summed E-state index contributed by atoms with van der Waals surface area (Å²) in [6.45, 7) is 12.0. The van der Waals surface area contributed by atoms with Crippen molar-refractivity contribution in [2.45, 2.75) is 33.6 Å². The second kappa shape index (κ2) is 7.85. The summed E-state index contributed by atoms with van der Waals surface area (Å²) in [5.41, 5.74) is 1.09. The largest absolute Gasteiger partial charge is 0.478 e. The van der Waals surface area contributed by atoms with E-state index >= 15 is 0 Å². The van der Waals surface area contributed by atoms with Crippen molar-refractivity contribution in [3.63, 3.8) is 0 Å². The normalized spacial score (nSPS) is 11.1. The smallest absolute Gasteiger partial charge is 0.335 e. The molecule has 1 rings (SSSR count). The molecule has 0 radical (unpaired) electrons. The van der Waals surface area contributed by atoms with Gasteiger partial charge in [0.15, 0.2) is 0 Å². The van der Waals surface area contributed by atoms with Gasteiger partial charge in [-0.25, -0.2) is 9.78 Å². The summed E-state index contributed by atoms with van der Waals surface area (Å²) in [4.78, 5) is 17.9. The van der Waals surface area contributed by atoms with Gasteiger partial charge in [0, 0.05) is 18.8 Å². The Morgan fingerprint density at radius 3 is 2.50 bits per heavy atom. The van der Waals surface area contributed by atoms with E-state index in [0.29, 0.717) is 5.82 Å². The minimum absolute atomic E-state index is 0.206. The summed E-state index contributed by atoms with van der Waals surface area (Å²) in [6.07, 6.45) is 0. The van der Waals surface area contributed by atoms with E-state index in [1.807, 2.05) is 13.8 Å². The average Bonchev–Trinajstić information content (AvgIpc) is 2.43. The Balaban J connectivity index is 2.76. The van der Waals surface area contributed by atoms with Crippen LogP contribution in [0.4, 0.5) is 5.82 Å². The average molecular weight is 279 g/mol. The van der Waals surface area contributed by atoms with Crippen molar-refractivity contribution < 1.29 is 9.90 Å². The molecule has 0 amide bonds. The lowest BCUT2D eigenvalue weighted by Crippen LogP contribution is -2.28. The van der Waals surface area contributed by atoms with Crippen molar-refractivity contribution in [1.29, 1.82) is 0 Å². The topological polar surface area (TPSA) is 65.5 Å². The molecular weight excluding hydrogens is 254 g/mol. The monoisotopic (exact) mass is 279 g/mol. The molecule has 0 aliphatic rings. The van der Waals surface area contributed by atoms with E-state index < -0.39 is 5.97 Å². The molecule has 0 unspecified atom stereocenters. The Labute approximate surface area is 121 Å². The zero-order valence-electron chi connectivity index (χ0n) is 12.8. The third-order valence-corrected chi connectivity index (χ3v) is 3.31. The quantitative estimate of drug-likeness (QED) is 0.766. The molecule has 112 valence electrons. The standard InChI is InChI=1S/C15H25N3O2/c1-5-18(6-2)8-7-16-14-10-12(15(19)20)9-13(17-14)11(3)4/h9-11H,5-8H2,1-4H3,(H,16,17)(H,19,20). The summed E-state index contributed by atoms with van der Waals surface area (Å²) in [5.74, 6) is -0.0699. The van der Waals surface area contributed by atoms with Crippen LogP contribution in [0.15, 0.2) is 12.1 Å². The number of carbonyl (C=O) groups is 1. The predicted octanol–water partition coefficient (Wildman–Crippen LogP) is 2.66. The van der Waals surface area contributed by atoms with E-state index in [2.05, 4.69) is 29.0 Å². The first-order valence-electron chi connectivity index (χ1n) is 7.19. The van der Waals surface area contributed by atoms with Crippen LogP contribution < -0.4 is 5.32 Å². The van der Waals surface area contributed by atoms with Gasteiger partial charge < -0.3 is 15.3 Å². The Bertz CT molecular complexity index is 443.